The maximum atomic E-state index is 13.1. The van der Waals surface area contributed by atoms with Crippen molar-refractivity contribution in [2.24, 2.45) is 0 Å². The third kappa shape index (κ3) is 3.43. The van der Waals surface area contributed by atoms with Crippen LogP contribution in [0.2, 0.25) is 0 Å². The van der Waals surface area contributed by atoms with Crippen LogP contribution in [0.25, 0.3) is 0 Å². The predicted octanol–water partition coefficient (Wildman–Crippen LogP) is 1.45. The van der Waals surface area contributed by atoms with Gasteiger partial charge in [-0.15, -0.1) is 12.3 Å². The first-order valence-corrected chi connectivity index (χ1v) is 4.60. The van der Waals surface area contributed by atoms with Gasteiger partial charge >= 0.3 is 0 Å². The van der Waals surface area contributed by atoms with Gasteiger partial charge in [-0.3, -0.25) is 0 Å². The average Bonchev–Trinajstić information content (AvgIpc) is 2.23. The standard InChI is InChI=1S/C10H12FN3O/c1-3-5-6-15-9-8(11)7-13-10(14-9)12-4-2/h1,7H,4-6H2,2H3,(H,12,13,14). The molecule has 1 heterocycles. The number of aromatic nitrogens is 2. The number of rotatable bonds is 5. The molecule has 4 nitrogen and oxygen atoms in total. The molecule has 80 valence electrons. The van der Waals surface area contributed by atoms with Gasteiger partial charge in [0.2, 0.25) is 11.8 Å². The Morgan fingerprint density at radius 2 is 2.47 bits per heavy atom. The van der Waals surface area contributed by atoms with E-state index in [4.69, 9.17) is 11.2 Å². The van der Waals surface area contributed by atoms with Crippen LogP contribution in [0.15, 0.2) is 6.20 Å². The summed E-state index contributed by atoms with van der Waals surface area (Å²) in [5, 5.41) is 2.86. The molecule has 0 aromatic carbocycles. The van der Waals surface area contributed by atoms with Gasteiger partial charge in [-0.25, -0.2) is 4.98 Å². The highest BCUT2D eigenvalue weighted by atomic mass is 19.1. The van der Waals surface area contributed by atoms with Gasteiger partial charge in [0.25, 0.3) is 5.88 Å². The lowest BCUT2D eigenvalue weighted by atomic mass is 10.5. The normalized spacial score (nSPS) is 9.40. The molecule has 0 aliphatic heterocycles. The first kappa shape index (κ1) is 11.2. The molecule has 0 bridgehead atoms. The van der Waals surface area contributed by atoms with Crippen molar-refractivity contribution in [1.82, 2.24) is 9.97 Å². The van der Waals surface area contributed by atoms with Gasteiger partial charge < -0.3 is 10.1 Å². The third-order valence-electron chi connectivity index (χ3n) is 1.53. The Morgan fingerprint density at radius 3 is 3.13 bits per heavy atom. The Kier molecular flexibility index (Phi) is 4.35. The number of halogens is 1. The number of anilines is 1. The molecule has 1 N–H and O–H groups in total. The van der Waals surface area contributed by atoms with E-state index in [9.17, 15) is 4.39 Å². The number of hydrogen-bond acceptors (Lipinski definition) is 4. The van der Waals surface area contributed by atoms with Crippen molar-refractivity contribution in [3.63, 3.8) is 0 Å². The van der Waals surface area contributed by atoms with Crippen LogP contribution in [0.1, 0.15) is 13.3 Å². The van der Waals surface area contributed by atoms with Crippen LogP contribution in [0.4, 0.5) is 10.3 Å². The molecule has 5 heteroatoms. The summed E-state index contributed by atoms with van der Waals surface area (Å²) in [6, 6.07) is 0. The quantitative estimate of drug-likeness (QED) is 0.589. The summed E-state index contributed by atoms with van der Waals surface area (Å²) >= 11 is 0. The molecule has 0 fully saturated rings. The number of terminal acetylenes is 1. The minimum absolute atomic E-state index is 0.0730. The Hall–Kier alpha value is -1.83. The van der Waals surface area contributed by atoms with Crippen LogP contribution in [-0.4, -0.2) is 23.1 Å². The predicted molar refractivity (Wildman–Crippen MR) is 55.1 cm³/mol. The van der Waals surface area contributed by atoms with E-state index in [1.165, 1.54) is 0 Å². The average molecular weight is 209 g/mol. The molecule has 0 saturated carbocycles. The van der Waals surface area contributed by atoms with E-state index in [0.717, 1.165) is 6.20 Å². The fourth-order valence-corrected chi connectivity index (χ4v) is 0.903. The molecule has 0 aliphatic rings. The van der Waals surface area contributed by atoms with Crippen LogP contribution in [0.5, 0.6) is 5.88 Å². The molecule has 0 spiro atoms. The molecular weight excluding hydrogens is 197 g/mol. The maximum Gasteiger partial charge on any atom is 0.255 e. The van der Waals surface area contributed by atoms with Gasteiger partial charge in [-0.05, 0) is 6.92 Å². The molecule has 0 saturated heterocycles. The lowest BCUT2D eigenvalue weighted by Gasteiger charge is -2.06. The van der Waals surface area contributed by atoms with Crippen molar-refractivity contribution in [1.29, 1.82) is 0 Å². The molecule has 1 aromatic rings. The number of hydrogen-bond donors (Lipinski definition) is 1. The molecule has 0 radical (unpaired) electrons. The lowest BCUT2D eigenvalue weighted by molar-refractivity contribution is 0.296. The van der Waals surface area contributed by atoms with Gasteiger partial charge in [0.1, 0.15) is 6.61 Å². The summed E-state index contributed by atoms with van der Waals surface area (Å²) in [5.74, 6) is 2.07. The van der Waals surface area contributed by atoms with Crippen molar-refractivity contribution in [2.45, 2.75) is 13.3 Å². The van der Waals surface area contributed by atoms with Gasteiger partial charge in [0.15, 0.2) is 0 Å². The molecule has 0 atom stereocenters. The van der Waals surface area contributed by atoms with Crippen molar-refractivity contribution in [2.75, 3.05) is 18.5 Å². The van der Waals surface area contributed by atoms with Crippen LogP contribution in [0.3, 0.4) is 0 Å². The number of ether oxygens (including phenoxy) is 1. The van der Waals surface area contributed by atoms with Crippen LogP contribution >= 0.6 is 0 Å². The van der Waals surface area contributed by atoms with E-state index in [-0.39, 0.29) is 12.5 Å². The summed E-state index contributed by atoms with van der Waals surface area (Å²) < 4.78 is 18.2. The summed E-state index contributed by atoms with van der Waals surface area (Å²) in [6.07, 6.45) is 6.52. The van der Waals surface area contributed by atoms with E-state index in [0.29, 0.717) is 18.9 Å². The van der Waals surface area contributed by atoms with Crippen LogP contribution in [-0.2, 0) is 0 Å². The first-order valence-electron chi connectivity index (χ1n) is 4.60. The molecule has 1 rings (SSSR count). The Morgan fingerprint density at radius 1 is 1.67 bits per heavy atom. The maximum absolute atomic E-state index is 13.1. The Balaban J connectivity index is 2.68. The van der Waals surface area contributed by atoms with E-state index in [1.807, 2.05) is 6.92 Å². The van der Waals surface area contributed by atoms with Gasteiger partial charge in [0, 0.05) is 13.0 Å². The van der Waals surface area contributed by atoms with E-state index < -0.39 is 5.82 Å². The summed E-state index contributed by atoms with van der Waals surface area (Å²) in [5.41, 5.74) is 0. The van der Waals surface area contributed by atoms with E-state index >= 15 is 0 Å². The zero-order valence-electron chi connectivity index (χ0n) is 8.46. The molecule has 1 aromatic heterocycles. The SMILES string of the molecule is C#CCCOc1nc(NCC)ncc1F. The van der Waals surface area contributed by atoms with Crippen LogP contribution in [0, 0.1) is 18.2 Å². The third-order valence-corrected chi connectivity index (χ3v) is 1.53. The van der Waals surface area contributed by atoms with Crippen molar-refractivity contribution < 1.29 is 9.13 Å². The second-order valence-corrected chi connectivity index (χ2v) is 2.68. The largest absolute Gasteiger partial charge is 0.474 e. The summed E-state index contributed by atoms with van der Waals surface area (Å²) in [6.45, 7) is 2.80. The molecule has 0 aliphatic carbocycles. The first-order chi connectivity index (χ1) is 7.27. The molecule has 0 amide bonds. The fourth-order valence-electron chi connectivity index (χ4n) is 0.903. The van der Waals surface area contributed by atoms with Crippen LogP contribution < -0.4 is 10.1 Å². The van der Waals surface area contributed by atoms with Crippen molar-refractivity contribution in [3.05, 3.63) is 12.0 Å². The van der Waals surface area contributed by atoms with Crippen molar-refractivity contribution in [3.8, 4) is 18.2 Å². The second-order valence-electron chi connectivity index (χ2n) is 2.68. The smallest absolute Gasteiger partial charge is 0.255 e. The minimum Gasteiger partial charge on any atom is -0.474 e. The highest BCUT2D eigenvalue weighted by molar-refractivity contribution is 5.27. The summed E-state index contributed by atoms with van der Waals surface area (Å²) in [7, 11) is 0. The van der Waals surface area contributed by atoms with Gasteiger partial charge in [0.05, 0.1) is 6.20 Å². The zero-order chi connectivity index (χ0) is 11.1. The highest BCUT2D eigenvalue weighted by Crippen LogP contribution is 2.14. The zero-order valence-corrected chi connectivity index (χ0v) is 8.46. The topological polar surface area (TPSA) is 47.0 Å². The van der Waals surface area contributed by atoms with Crippen molar-refractivity contribution >= 4 is 5.95 Å². The lowest BCUT2D eigenvalue weighted by Crippen LogP contribution is -2.06. The van der Waals surface area contributed by atoms with Gasteiger partial charge in [-0.1, -0.05) is 0 Å². The minimum atomic E-state index is -0.589. The fraction of sp³-hybridized carbons (Fsp3) is 0.400. The van der Waals surface area contributed by atoms with E-state index in [1.54, 1.807) is 0 Å². The van der Waals surface area contributed by atoms with E-state index in [2.05, 4.69) is 21.2 Å². The second kappa shape index (κ2) is 5.81. The highest BCUT2D eigenvalue weighted by Gasteiger charge is 2.07. The Bertz CT molecular complexity index is 362. The number of nitrogens with zero attached hydrogens (tertiary/aromatic N) is 2. The molecular formula is C10H12FN3O. The Labute approximate surface area is 87.9 Å². The number of nitrogens with one attached hydrogen (secondary N) is 1. The van der Waals surface area contributed by atoms with Gasteiger partial charge in [-0.2, -0.15) is 9.37 Å². The monoisotopic (exact) mass is 209 g/mol. The molecule has 15 heavy (non-hydrogen) atoms. The molecule has 0 unspecified atom stereocenters. The summed E-state index contributed by atoms with van der Waals surface area (Å²) in [4.78, 5) is 7.59.